The zero-order valence-corrected chi connectivity index (χ0v) is 17.3. The molecule has 1 aliphatic rings. The van der Waals surface area contributed by atoms with Gasteiger partial charge in [0, 0.05) is 50.8 Å². The predicted octanol–water partition coefficient (Wildman–Crippen LogP) is 2.24. The van der Waals surface area contributed by atoms with Gasteiger partial charge in [-0.05, 0) is 5.56 Å². The lowest BCUT2D eigenvalue weighted by molar-refractivity contribution is -0.122. The van der Waals surface area contributed by atoms with Crippen LogP contribution in [0.4, 0.5) is 5.82 Å². The molecule has 4 rings (SSSR count). The smallest absolute Gasteiger partial charge is 0.234 e. The fourth-order valence-corrected chi connectivity index (χ4v) is 4.51. The van der Waals surface area contributed by atoms with Gasteiger partial charge in [-0.25, -0.2) is 9.97 Å². The van der Waals surface area contributed by atoms with Crippen LogP contribution in [-0.4, -0.2) is 73.8 Å². The zero-order chi connectivity index (χ0) is 20.1. The van der Waals surface area contributed by atoms with Crippen molar-refractivity contribution in [3.63, 3.8) is 0 Å². The van der Waals surface area contributed by atoms with Crippen molar-refractivity contribution in [1.82, 2.24) is 20.2 Å². The highest BCUT2D eigenvalue weighted by Gasteiger charge is 2.23. The van der Waals surface area contributed by atoms with Gasteiger partial charge in [0.1, 0.15) is 17.0 Å². The Balaban J connectivity index is 1.46. The van der Waals surface area contributed by atoms with Crippen molar-refractivity contribution in [3.05, 3.63) is 42.0 Å². The van der Waals surface area contributed by atoms with E-state index in [9.17, 15) is 4.79 Å². The van der Waals surface area contributed by atoms with Crippen LogP contribution < -0.4 is 10.2 Å². The fraction of sp³-hybridized carbons (Fsp3) is 0.381. The van der Waals surface area contributed by atoms with E-state index in [0.29, 0.717) is 19.7 Å². The Hall–Kier alpha value is -2.55. The first-order valence-corrected chi connectivity index (χ1v) is 10.6. The molecule has 1 aliphatic heterocycles. The summed E-state index contributed by atoms with van der Waals surface area (Å²) in [6.45, 7) is 4.83. The van der Waals surface area contributed by atoms with E-state index < -0.39 is 0 Å². The quantitative estimate of drug-likeness (QED) is 0.602. The number of anilines is 1. The molecule has 1 amide bonds. The molecule has 0 unspecified atom stereocenters. The third-order valence-electron chi connectivity index (χ3n) is 5.10. The lowest BCUT2D eigenvalue weighted by Crippen LogP contribution is -2.50. The Morgan fingerprint density at radius 2 is 1.97 bits per heavy atom. The number of rotatable bonds is 7. The summed E-state index contributed by atoms with van der Waals surface area (Å²) in [5.74, 6) is 1.03. The number of nitrogens with zero attached hydrogens (tertiary/aromatic N) is 4. The van der Waals surface area contributed by atoms with Crippen molar-refractivity contribution >= 4 is 33.3 Å². The van der Waals surface area contributed by atoms with Crippen molar-refractivity contribution in [3.8, 4) is 11.1 Å². The molecule has 3 aromatic rings. The first kappa shape index (κ1) is 19.8. The van der Waals surface area contributed by atoms with Gasteiger partial charge in [0.15, 0.2) is 0 Å². The van der Waals surface area contributed by atoms with Crippen LogP contribution >= 0.6 is 11.3 Å². The first-order valence-electron chi connectivity index (χ1n) is 9.77. The number of carbonyl (C=O) groups excluding carboxylic acids is 1. The molecule has 0 spiro atoms. The molecular weight excluding hydrogens is 386 g/mol. The standard InChI is InChI=1S/C21H25N5O2S/c1-28-12-7-22-18(27)13-25-8-10-26(11-9-25)20-19-17(16-5-3-2-4-6-16)14-29-21(19)24-15-23-20/h2-6,14-15H,7-13H2,1H3,(H,22,27). The minimum absolute atomic E-state index is 0.0455. The number of thiophene rings is 1. The van der Waals surface area contributed by atoms with Gasteiger partial charge in [-0.3, -0.25) is 9.69 Å². The van der Waals surface area contributed by atoms with Gasteiger partial charge in [0.25, 0.3) is 0 Å². The Labute approximate surface area is 174 Å². The average Bonchev–Trinajstić information content (AvgIpc) is 3.19. The van der Waals surface area contributed by atoms with Crippen LogP contribution in [-0.2, 0) is 9.53 Å². The number of piperazine rings is 1. The summed E-state index contributed by atoms with van der Waals surface area (Å²) in [6.07, 6.45) is 1.65. The van der Waals surface area contributed by atoms with Crippen LogP contribution in [0, 0.1) is 0 Å². The van der Waals surface area contributed by atoms with Crippen molar-refractivity contribution in [1.29, 1.82) is 0 Å². The summed E-state index contributed by atoms with van der Waals surface area (Å²) in [4.78, 5) is 26.7. The molecule has 0 bridgehead atoms. The minimum atomic E-state index is 0.0455. The lowest BCUT2D eigenvalue weighted by atomic mass is 10.1. The summed E-state index contributed by atoms with van der Waals surface area (Å²) >= 11 is 1.65. The Morgan fingerprint density at radius 1 is 1.17 bits per heavy atom. The number of nitrogens with one attached hydrogen (secondary N) is 1. The van der Waals surface area contributed by atoms with Gasteiger partial charge in [0.2, 0.25) is 5.91 Å². The second-order valence-corrected chi connectivity index (χ2v) is 7.86. The third kappa shape index (κ3) is 4.55. The maximum absolute atomic E-state index is 12.0. The summed E-state index contributed by atoms with van der Waals surface area (Å²) in [6, 6.07) is 10.4. The molecule has 8 heteroatoms. The molecule has 0 radical (unpaired) electrons. The molecule has 1 saturated heterocycles. The number of hydrogen-bond donors (Lipinski definition) is 1. The van der Waals surface area contributed by atoms with Crippen LogP contribution in [0.1, 0.15) is 0 Å². The van der Waals surface area contributed by atoms with Gasteiger partial charge in [0.05, 0.1) is 18.5 Å². The second kappa shape index (κ2) is 9.30. The van der Waals surface area contributed by atoms with E-state index in [1.807, 2.05) is 6.07 Å². The number of amides is 1. The highest BCUT2D eigenvalue weighted by atomic mass is 32.1. The maximum Gasteiger partial charge on any atom is 0.234 e. The number of benzene rings is 1. The number of hydrogen-bond acceptors (Lipinski definition) is 7. The van der Waals surface area contributed by atoms with Crippen LogP contribution in [0.5, 0.6) is 0 Å². The molecule has 7 nitrogen and oxygen atoms in total. The summed E-state index contributed by atoms with van der Waals surface area (Å²) in [5.41, 5.74) is 2.36. The van der Waals surface area contributed by atoms with Crippen LogP contribution in [0.3, 0.4) is 0 Å². The molecule has 152 valence electrons. The van der Waals surface area contributed by atoms with Crippen LogP contribution in [0.2, 0.25) is 0 Å². The van der Waals surface area contributed by atoms with Gasteiger partial charge < -0.3 is 15.0 Å². The molecule has 3 heterocycles. The summed E-state index contributed by atoms with van der Waals surface area (Å²) in [7, 11) is 1.63. The largest absolute Gasteiger partial charge is 0.383 e. The molecule has 0 atom stereocenters. The maximum atomic E-state index is 12.0. The van der Waals surface area contributed by atoms with Crippen molar-refractivity contribution in [2.45, 2.75) is 0 Å². The van der Waals surface area contributed by atoms with Gasteiger partial charge >= 0.3 is 0 Å². The molecule has 0 saturated carbocycles. The monoisotopic (exact) mass is 411 g/mol. The molecule has 29 heavy (non-hydrogen) atoms. The van der Waals surface area contributed by atoms with E-state index in [0.717, 1.165) is 42.2 Å². The lowest BCUT2D eigenvalue weighted by Gasteiger charge is -2.35. The number of carbonyl (C=O) groups is 1. The second-order valence-electron chi connectivity index (χ2n) is 7.00. The molecule has 1 N–H and O–H groups in total. The normalized spacial score (nSPS) is 15.0. The third-order valence-corrected chi connectivity index (χ3v) is 5.99. The fourth-order valence-electron chi connectivity index (χ4n) is 3.60. The Kier molecular flexibility index (Phi) is 6.33. The SMILES string of the molecule is COCCNC(=O)CN1CCN(c2ncnc3scc(-c4ccccc4)c23)CC1. The molecular formula is C21H25N5O2S. The van der Waals surface area contributed by atoms with Crippen LogP contribution in [0.25, 0.3) is 21.3 Å². The number of aromatic nitrogens is 2. The first-order chi connectivity index (χ1) is 14.3. The van der Waals surface area contributed by atoms with E-state index in [-0.39, 0.29) is 5.91 Å². The summed E-state index contributed by atoms with van der Waals surface area (Å²) in [5, 5.41) is 6.17. The van der Waals surface area contributed by atoms with E-state index >= 15 is 0 Å². The van der Waals surface area contributed by atoms with Crippen molar-refractivity contribution in [2.75, 3.05) is 57.9 Å². The topological polar surface area (TPSA) is 70.6 Å². The van der Waals surface area contributed by atoms with Crippen molar-refractivity contribution < 1.29 is 9.53 Å². The van der Waals surface area contributed by atoms with Crippen LogP contribution in [0.15, 0.2) is 42.0 Å². The summed E-state index contributed by atoms with van der Waals surface area (Å²) < 4.78 is 4.97. The Morgan fingerprint density at radius 3 is 2.72 bits per heavy atom. The highest BCUT2D eigenvalue weighted by molar-refractivity contribution is 7.17. The van der Waals surface area contributed by atoms with Gasteiger partial charge in [-0.1, -0.05) is 30.3 Å². The van der Waals surface area contributed by atoms with E-state index in [1.54, 1.807) is 24.8 Å². The van der Waals surface area contributed by atoms with Gasteiger partial charge in [-0.2, -0.15) is 0 Å². The van der Waals surface area contributed by atoms with E-state index in [4.69, 9.17) is 4.74 Å². The molecule has 2 aromatic heterocycles. The molecule has 1 aromatic carbocycles. The van der Waals surface area contributed by atoms with Crippen molar-refractivity contribution in [2.24, 2.45) is 0 Å². The highest BCUT2D eigenvalue weighted by Crippen LogP contribution is 2.37. The number of ether oxygens (including phenoxy) is 1. The number of methoxy groups -OCH3 is 1. The van der Waals surface area contributed by atoms with Gasteiger partial charge in [-0.15, -0.1) is 11.3 Å². The Bertz CT molecular complexity index is 954. The van der Waals surface area contributed by atoms with E-state index in [1.165, 1.54) is 11.1 Å². The van der Waals surface area contributed by atoms with E-state index in [2.05, 4.69) is 54.7 Å². The number of fused-ring (bicyclic) bond motifs is 1. The average molecular weight is 412 g/mol. The predicted molar refractivity (Wildman–Crippen MR) is 116 cm³/mol. The molecule has 1 fully saturated rings. The zero-order valence-electron chi connectivity index (χ0n) is 16.5. The minimum Gasteiger partial charge on any atom is -0.383 e. The molecule has 0 aliphatic carbocycles.